The Morgan fingerprint density at radius 3 is 2.71 bits per heavy atom. The summed E-state index contributed by atoms with van der Waals surface area (Å²) in [6.07, 6.45) is 7.66. The molecule has 0 bridgehead atoms. The summed E-state index contributed by atoms with van der Waals surface area (Å²) in [5.74, 6) is 0.126. The van der Waals surface area contributed by atoms with Gasteiger partial charge in [-0.2, -0.15) is 0 Å². The van der Waals surface area contributed by atoms with Crippen molar-refractivity contribution >= 4 is 5.91 Å². The lowest BCUT2D eigenvalue weighted by molar-refractivity contribution is 0.0841. The molecule has 0 atom stereocenters. The molecular formula is C11H18N2O. The fourth-order valence-corrected chi connectivity index (χ4v) is 1.67. The van der Waals surface area contributed by atoms with Crippen molar-refractivity contribution in [2.75, 3.05) is 0 Å². The minimum absolute atomic E-state index is 0.0934. The molecule has 0 amide bonds. The van der Waals surface area contributed by atoms with Crippen LogP contribution in [0.5, 0.6) is 0 Å². The van der Waals surface area contributed by atoms with Gasteiger partial charge in [-0.05, 0) is 11.8 Å². The Bertz CT molecular complexity index is 288. The average Bonchev–Trinajstić information content (AvgIpc) is 2.53. The lowest BCUT2D eigenvalue weighted by Crippen LogP contribution is -2.20. The fraction of sp³-hybridized carbons (Fsp3) is 0.636. The van der Waals surface area contributed by atoms with Gasteiger partial charge in [0, 0.05) is 18.8 Å². The molecule has 1 rings (SSSR count). The molecule has 0 aliphatic carbocycles. The molecule has 1 heterocycles. The molecule has 0 radical (unpaired) electrons. The summed E-state index contributed by atoms with van der Waals surface area (Å²) in [7, 11) is 0. The van der Waals surface area contributed by atoms with Crippen LogP contribution in [0, 0.1) is 5.41 Å². The first kappa shape index (κ1) is 11.0. The highest BCUT2D eigenvalue weighted by molar-refractivity contribution is 5.79. The van der Waals surface area contributed by atoms with Gasteiger partial charge in [0.1, 0.15) is 6.33 Å². The molecule has 0 spiro atoms. The summed E-state index contributed by atoms with van der Waals surface area (Å²) < 4.78 is 1.55. The van der Waals surface area contributed by atoms with Crippen molar-refractivity contribution < 1.29 is 4.79 Å². The van der Waals surface area contributed by atoms with Gasteiger partial charge in [0.2, 0.25) is 5.91 Å². The number of imidazole rings is 1. The van der Waals surface area contributed by atoms with E-state index in [-0.39, 0.29) is 11.3 Å². The van der Waals surface area contributed by atoms with Crippen LogP contribution in [0.4, 0.5) is 0 Å². The Kier molecular flexibility index (Phi) is 3.44. The number of hydrogen-bond acceptors (Lipinski definition) is 2. The van der Waals surface area contributed by atoms with Crippen LogP contribution >= 0.6 is 0 Å². The van der Waals surface area contributed by atoms with Crippen molar-refractivity contribution in [3.8, 4) is 0 Å². The number of carbonyl (C=O) groups is 1. The van der Waals surface area contributed by atoms with E-state index in [1.165, 1.54) is 0 Å². The van der Waals surface area contributed by atoms with Gasteiger partial charge in [0.15, 0.2) is 0 Å². The molecule has 1 aromatic rings. The Hall–Kier alpha value is -1.12. The SMILES string of the molecule is CCCC(C)(C)CC(=O)n1ccnc1. The van der Waals surface area contributed by atoms with Crippen molar-refractivity contribution in [3.05, 3.63) is 18.7 Å². The number of carbonyl (C=O) groups excluding carboxylic acids is 1. The third-order valence-electron chi connectivity index (χ3n) is 2.35. The summed E-state index contributed by atoms with van der Waals surface area (Å²) in [6.45, 7) is 6.40. The van der Waals surface area contributed by atoms with Gasteiger partial charge >= 0.3 is 0 Å². The summed E-state index contributed by atoms with van der Waals surface area (Å²) in [4.78, 5) is 15.6. The second kappa shape index (κ2) is 4.40. The van der Waals surface area contributed by atoms with Crippen LogP contribution in [0.25, 0.3) is 0 Å². The molecule has 0 saturated heterocycles. The lowest BCUT2D eigenvalue weighted by Gasteiger charge is -2.22. The van der Waals surface area contributed by atoms with E-state index in [2.05, 4.69) is 25.8 Å². The molecule has 0 aromatic carbocycles. The highest BCUT2D eigenvalue weighted by atomic mass is 16.2. The maximum absolute atomic E-state index is 11.7. The van der Waals surface area contributed by atoms with Crippen molar-refractivity contribution in [2.24, 2.45) is 5.41 Å². The standard InChI is InChI=1S/C11H18N2O/c1-4-5-11(2,3)8-10(14)13-7-6-12-9-13/h6-7,9H,4-5,8H2,1-3H3. The Morgan fingerprint density at radius 1 is 1.50 bits per heavy atom. The summed E-state index contributed by atoms with van der Waals surface area (Å²) >= 11 is 0. The topological polar surface area (TPSA) is 34.9 Å². The van der Waals surface area contributed by atoms with Crippen LogP contribution < -0.4 is 0 Å². The second-order valence-corrected chi connectivity index (χ2v) is 4.45. The minimum Gasteiger partial charge on any atom is -0.276 e. The summed E-state index contributed by atoms with van der Waals surface area (Å²) in [5.41, 5.74) is 0.0934. The molecule has 0 unspecified atom stereocenters. The molecule has 3 nitrogen and oxygen atoms in total. The van der Waals surface area contributed by atoms with E-state index < -0.39 is 0 Å². The molecule has 1 aromatic heterocycles. The Morgan fingerprint density at radius 2 is 2.21 bits per heavy atom. The second-order valence-electron chi connectivity index (χ2n) is 4.45. The molecule has 78 valence electrons. The Labute approximate surface area is 85.2 Å². The van der Waals surface area contributed by atoms with Crippen molar-refractivity contribution in [3.63, 3.8) is 0 Å². The van der Waals surface area contributed by atoms with Gasteiger partial charge in [-0.3, -0.25) is 9.36 Å². The predicted molar refractivity (Wildman–Crippen MR) is 56.2 cm³/mol. The fourth-order valence-electron chi connectivity index (χ4n) is 1.67. The first-order valence-corrected chi connectivity index (χ1v) is 5.06. The maximum Gasteiger partial charge on any atom is 0.232 e. The highest BCUT2D eigenvalue weighted by Crippen LogP contribution is 2.26. The van der Waals surface area contributed by atoms with Crippen LogP contribution in [0.1, 0.15) is 44.8 Å². The van der Waals surface area contributed by atoms with Crippen molar-refractivity contribution in [1.82, 2.24) is 9.55 Å². The number of aromatic nitrogens is 2. The van der Waals surface area contributed by atoms with Gasteiger partial charge in [0.05, 0.1) is 0 Å². The third kappa shape index (κ3) is 2.98. The molecule has 0 fully saturated rings. The van der Waals surface area contributed by atoms with E-state index in [4.69, 9.17) is 0 Å². The van der Waals surface area contributed by atoms with E-state index in [1.807, 2.05) is 0 Å². The minimum atomic E-state index is 0.0934. The van der Waals surface area contributed by atoms with E-state index in [9.17, 15) is 4.79 Å². The zero-order valence-electron chi connectivity index (χ0n) is 9.16. The predicted octanol–water partition coefficient (Wildman–Crippen LogP) is 2.74. The zero-order valence-corrected chi connectivity index (χ0v) is 9.16. The van der Waals surface area contributed by atoms with Crippen LogP contribution in [-0.4, -0.2) is 15.5 Å². The van der Waals surface area contributed by atoms with E-state index in [0.29, 0.717) is 6.42 Å². The van der Waals surface area contributed by atoms with Crippen molar-refractivity contribution in [1.29, 1.82) is 0 Å². The normalized spacial score (nSPS) is 11.6. The number of rotatable bonds is 4. The van der Waals surface area contributed by atoms with E-state index >= 15 is 0 Å². The Balaban J connectivity index is 2.57. The molecule has 3 heteroatoms. The average molecular weight is 194 g/mol. The molecule has 0 aliphatic heterocycles. The first-order valence-electron chi connectivity index (χ1n) is 5.06. The monoisotopic (exact) mass is 194 g/mol. The molecule has 0 aliphatic rings. The number of hydrogen-bond donors (Lipinski definition) is 0. The van der Waals surface area contributed by atoms with Crippen molar-refractivity contribution in [2.45, 2.75) is 40.0 Å². The van der Waals surface area contributed by atoms with Gasteiger partial charge in [-0.25, -0.2) is 4.98 Å². The molecule has 0 saturated carbocycles. The lowest BCUT2D eigenvalue weighted by atomic mass is 9.84. The molecule has 14 heavy (non-hydrogen) atoms. The summed E-state index contributed by atoms with van der Waals surface area (Å²) in [6, 6.07) is 0. The third-order valence-corrected chi connectivity index (χ3v) is 2.35. The largest absolute Gasteiger partial charge is 0.276 e. The quantitative estimate of drug-likeness (QED) is 0.738. The van der Waals surface area contributed by atoms with Gasteiger partial charge < -0.3 is 0 Å². The summed E-state index contributed by atoms with van der Waals surface area (Å²) in [5, 5.41) is 0. The molecular weight excluding hydrogens is 176 g/mol. The maximum atomic E-state index is 11.7. The zero-order chi connectivity index (χ0) is 10.6. The van der Waals surface area contributed by atoms with Gasteiger partial charge in [0.25, 0.3) is 0 Å². The molecule has 0 N–H and O–H groups in total. The van der Waals surface area contributed by atoms with Crippen LogP contribution in [0.3, 0.4) is 0 Å². The van der Waals surface area contributed by atoms with E-state index in [0.717, 1.165) is 12.8 Å². The van der Waals surface area contributed by atoms with Gasteiger partial charge in [-0.1, -0.05) is 27.2 Å². The van der Waals surface area contributed by atoms with Crippen LogP contribution in [0.15, 0.2) is 18.7 Å². The smallest absolute Gasteiger partial charge is 0.232 e. The van der Waals surface area contributed by atoms with Crippen LogP contribution in [-0.2, 0) is 0 Å². The van der Waals surface area contributed by atoms with Gasteiger partial charge in [-0.15, -0.1) is 0 Å². The highest BCUT2D eigenvalue weighted by Gasteiger charge is 2.21. The van der Waals surface area contributed by atoms with E-state index in [1.54, 1.807) is 23.3 Å². The van der Waals surface area contributed by atoms with Crippen LogP contribution in [0.2, 0.25) is 0 Å². The number of nitrogens with zero attached hydrogens (tertiary/aromatic N) is 2. The first-order chi connectivity index (χ1) is 6.55.